The van der Waals surface area contributed by atoms with Crippen molar-refractivity contribution < 1.29 is 28.3 Å². The van der Waals surface area contributed by atoms with E-state index in [1.807, 2.05) is 72.8 Å². The van der Waals surface area contributed by atoms with Crippen LogP contribution in [0.4, 0.5) is 0 Å². The molecule has 0 saturated heterocycles. The summed E-state index contributed by atoms with van der Waals surface area (Å²) in [6, 6.07) is 76.7. The largest absolute Gasteiger partial charge is 0.358 e. The fourth-order valence-electron chi connectivity index (χ4n) is 8.13. The molecule has 3 heterocycles. The number of benzene rings is 8. The molecule has 0 bridgehead atoms. The number of fused-ring (bicyclic) bond motifs is 6. The Morgan fingerprint density at radius 2 is 0.868 bits per heavy atom. The van der Waals surface area contributed by atoms with E-state index in [0.29, 0.717) is 11.4 Å². The fourth-order valence-corrected chi connectivity index (χ4v) is 9.17. The van der Waals surface area contributed by atoms with Crippen molar-refractivity contribution in [2.75, 3.05) is 0 Å². The first kappa shape index (κ1) is 41.1. The number of rotatable bonds is 6. The molecule has 5 heteroatoms. The first-order chi connectivity index (χ1) is 34.6. The van der Waals surface area contributed by atoms with Crippen LogP contribution in [0.25, 0.3) is 88.3 Å². The number of nitrogens with zero attached hydrogens (tertiary/aromatic N) is 3. The first-order valence-corrected chi connectivity index (χ1v) is 25.6. The van der Waals surface area contributed by atoms with Crippen molar-refractivity contribution in [3.05, 3.63) is 249 Å². The van der Waals surface area contributed by atoms with Gasteiger partial charge in [0.2, 0.25) is 0 Å². The predicted molar refractivity (Wildman–Crippen MR) is 290 cm³/mol. The summed E-state index contributed by atoms with van der Waals surface area (Å²) in [5, 5.41) is 8.88. The van der Waals surface area contributed by atoms with E-state index in [0.717, 1.165) is 22.4 Å². The van der Waals surface area contributed by atoms with E-state index in [9.17, 15) is 0 Å². The summed E-state index contributed by atoms with van der Waals surface area (Å²) < 4.78 is 43.8. The van der Waals surface area contributed by atoms with Crippen LogP contribution in [0.1, 0.15) is 19.6 Å². The van der Waals surface area contributed by atoms with E-state index in [-0.39, 0.29) is 38.9 Å². The zero-order valence-corrected chi connectivity index (χ0v) is 41.9. The molecule has 3 aromatic heterocycles. The van der Waals surface area contributed by atoms with E-state index in [1.54, 1.807) is 12.1 Å². The van der Waals surface area contributed by atoms with Gasteiger partial charge in [-0.1, -0.05) is 206 Å². The van der Waals surface area contributed by atoms with Gasteiger partial charge in [-0.15, -0.1) is 23.8 Å². The molecule has 0 atom stereocenters. The second-order valence-electron chi connectivity index (χ2n) is 17.2. The van der Waals surface area contributed by atoms with Gasteiger partial charge in [-0.3, -0.25) is 9.97 Å². The van der Waals surface area contributed by atoms with Gasteiger partial charge >= 0.3 is 0 Å². The first-order valence-electron chi connectivity index (χ1n) is 25.1. The minimum absolute atomic E-state index is 0. The van der Waals surface area contributed by atoms with E-state index >= 15 is 0 Å². The van der Waals surface area contributed by atoms with Crippen molar-refractivity contribution in [2.45, 2.75) is 33.3 Å². The van der Waals surface area contributed by atoms with Gasteiger partial charge in [-0.05, 0) is 99.4 Å². The maximum absolute atomic E-state index is 7.30. The van der Waals surface area contributed by atoms with Gasteiger partial charge in [0.05, 0.1) is 19.5 Å². The smallest absolute Gasteiger partial charge is 0.0795 e. The van der Waals surface area contributed by atoms with Crippen LogP contribution in [0.5, 0.6) is 0 Å². The third-order valence-corrected chi connectivity index (χ3v) is 13.6. The maximum atomic E-state index is 7.30. The van der Waals surface area contributed by atoms with Crippen molar-refractivity contribution in [1.29, 1.82) is 0 Å². The van der Waals surface area contributed by atoms with Gasteiger partial charge in [-0.2, -0.15) is 0 Å². The molecule has 3 nitrogen and oxygen atoms in total. The second kappa shape index (κ2) is 22.1. The van der Waals surface area contributed by atoms with Crippen LogP contribution in [0.2, 0.25) is 19.6 Å². The molecule has 0 unspecified atom stereocenters. The number of hydrogen-bond donors (Lipinski definition) is 0. The van der Waals surface area contributed by atoms with Crippen molar-refractivity contribution >= 4 is 45.6 Å². The number of aryl methyl sites for hydroxylation is 2. The Morgan fingerprint density at radius 1 is 0.397 bits per heavy atom. The molecule has 0 amide bonds. The quantitative estimate of drug-likeness (QED) is 0.0946. The molecule has 68 heavy (non-hydrogen) atoms. The van der Waals surface area contributed by atoms with Crippen LogP contribution < -0.4 is 5.19 Å². The van der Waals surface area contributed by atoms with Crippen LogP contribution in [0.3, 0.4) is 0 Å². The second-order valence-corrected chi connectivity index (χ2v) is 22.2. The van der Waals surface area contributed by atoms with Gasteiger partial charge in [0.15, 0.2) is 0 Å². The van der Waals surface area contributed by atoms with E-state index in [4.69, 9.17) is 13.2 Å². The molecule has 11 rings (SSSR count). The summed E-state index contributed by atoms with van der Waals surface area (Å²) in [4.78, 5) is 13.2. The van der Waals surface area contributed by atoms with E-state index in [2.05, 4.69) is 163 Å². The molecular formula is C63H55IrN3Si-2. The molecule has 1 radical (unpaired) electrons. The Labute approximate surface area is 425 Å². The normalized spacial score (nSPS) is 12.5. The molecule has 0 saturated carbocycles. The molecule has 8 aromatic carbocycles. The van der Waals surface area contributed by atoms with Crippen LogP contribution >= 0.6 is 0 Å². The standard InChI is InChI=1S/C38H30NSi.2C12H11N.CH3.Ir/c1-40(2,3)31-18-21-38(39-25-31)30-17-20-35-33-15-8-7-14-32(33)34-19-16-29(23-36(34)37(35)24-30)28-13-9-12-27(22-28)26-10-5-4-6-11-26;2*1-10-6-5-9-12(13-10)11-7-3-2-4-8-11;;/h4-16,18-25H,1-3H3;2*2-9H,1H3;1H3;/q-1;;;-1;/i;2*1D3;;. The summed E-state index contributed by atoms with van der Waals surface area (Å²) in [6.45, 7) is 2.78. The zero-order valence-electron chi connectivity index (χ0n) is 44.5. The van der Waals surface area contributed by atoms with Crippen molar-refractivity contribution in [2.24, 2.45) is 0 Å². The average Bonchev–Trinajstić information content (AvgIpc) is 3.41. The van der Waals surface area contributed by atoms with Crippen LogP contribution in [-0.2, 0) is 20.1 Å². The van der Waals surface area contributed by atoms with Crippen LogP contribution in [0.15, 0.2) is 225 Å². The molecule has 0 spiro atoms. The van der Waals surface area contributed by atoms with E-state index in [1.165, 1.54) is 71.9 Å². The molecule has 0 aliphatic heterocycles. The molecule has 337 valence electrons. The van der Waals surface area contributed by atoms with Gasteiger partial charge in [-0.25, -0.2) is 0 Å². The third kappa shape index (κ3) is 11.3. The van der Waals surface area contributed by atoms with Crippen LogP contribution in [-0.4, -0.2) is 23.0 Å². The molecule has 0 aliphatic carbocycles. The summed E-state index contributed by atoms with van der Waals surface area (Å²) in [6.07, 6.45) is 2.07. The molecular weight excluding hydrogens is 1020 g/mol. The Balaban J connectivity index is 0.000000194. The van der Waals surface area contributed by atoms with E-state index < -0.39 is 21.8 Å². The molecule has 0 aliphatic rings. The van der Waals surface area contributed by atoms with Crippen molar-refractivity contribution in [1.82, 2.24) is 15.0 Å². The summed E-state index contributed by atoms with van der Waals surface area (Å²) in [5.74, 6) is 0. The van der Waals surface area contributed by atoms with Gasteiger partial charge in [0.1, 0.15) is 0 Å². The fraction of sp³-hybridized carbons (Fsp3) is 0.0794. The Bertz CT molecular complexity index is 3550. The molecule has 11 aromatic rings. The van der Waals surface area contributed by atoms with Crippen LogP contribution in [0, 0.1) is 27.2 Å². The predicted octanol–water partition coefficient (Wildman–Crippen LogP) is 16.4. The van der Waals surface area contributed by atoms with Crippen molar-refractivity contribution in [3.63, 3.8) is 0 Å². The van der Waals surface area contributed by atoms with Crippen molar-refractivity contribution in [3.8, 4) is 56.0 Å². The summed E-state index contributed by atoms with van der Waals surface area (Å²) in [5.41, 5.74) is 10.4. The Kier molecular flexibility index (Phi) is 13.4. The Hall–Kier alpha value is -7.14. The minimum atomic E-state index is -2.15. The zero-order chi connectivity index (χ0) is 50.5. The average molecular weight is 1080 g/mol. The number of aromatic nitrogens is 3. The number of pyridine rings is 3. The topological polar surface area (TPSA) is 38.7 Å². The monoisotopic (exact) mass is 1080 g/mol. The van der Waals surface area contributed by atoms with Gasteiger partial charge in [0, 0.05) is 57.0 Å². The summed E-state index contributed by atoms with van der Waals surface area (Å²) in [7, 11) is -1.40. The summed E-state index contributed by atoms with van der Waals surface area (Å²) >= 11 is 0. The Morgan fingerprint density at radius 3 is 1.41 bits per heavy atom. The van der Waals surface area contributed by atoms with Gasteiger partial charge < -0.3 is 12.4 Å². The minimum Gasteiger partial charge on any atom is -0.358 e. The molecule has 0 N–H and O–H groups in total. The third-order valence-electron chi connectivity index (χ3n) is 11.6. The number of hydrogen-bond acceptors (Lipinski definition) is 3. The SMILES string of the molecule is C[Si](C)(C)c1ccc(-c2[c-]cc3c4ccccc4c4ccc(-c5cccc(-c6ccccc6)c5)cc4c3c2)nc1.[2H]C([2H])([2H])c1cccc(-c2ccccc2)n1.[2H]C([2H])([2H])c1cccc(-c2ccccc2)n1.[CH3-].[Ir]. The molecule has 0 fully saturated rings. The van der Waals surface area contributed by atoms with Gasteiger partial charge in [0.25, 0.3) is 0 Å². The maximum Gasteiger partial charge on any atom is 0.0795 e.